The number of nitrogens with zero attached hydrogens (tertiary/aromatic N) is 12. The third kappa shape index (κ3) is 12.0. The second-order valence-electron chi connectivity index (χ2n) is 17.3. The largest absolute Gasteiger partial charge is 0.307 e. The normalized spacial score (nSPS) is 11.9. The molecule has 0 spiro atoms. The number of aromatic amines is 5. The van der Waals surface area contributed by atoms with Crippen LogP contribution in [0.1, 0.15) is 145 Å². The van der Waals surface area contributed by atoms with Gasteiger partial charge in [0.25, 0.3) is 0 Å². The summed E-state index contributed by atoms with van der Waals surface area (Å²) in [5.74, 6) is 4.55. The van der Waals surface area contributed by atoms with Crippen LogP contribution in [-0.4, -0.2) is 85.9 Å². The molecule has 10 aromatic rings. The SMILES string of the molecule is C.CC(C)c1[nH]nc2ccncc12.CC(C)c1[nH]nc2ncccc12.CC(C)c1[nH]nc2ncncc12.CC(C)c1n[nH]c2c1CCCC2.Cc1nc(C)nc(Nc2n[nH]c3ccccc23)n1. The zero-order valence-corrected chi connectivity index (χ0v) is 39.4. The topological polar surface area (TPSA) is 246 Å². The van der Waals surface area contributed by atoms with Crippen molar-refractivity contribution in [2.45, 2.75) is 126 Å². The number of para-hydroxylation sites is 1. The van der Waals surface area contributed by atoms with Crippen LogP contribution >= 0.6 is 0 Å². The van der Waals surface area contributed by atoms with Crippen LogP contribution in [0.5, 0.6) is 0 Å². The van der Waals surface area contributed by atoms with Crippen LogP contribution in [0.4, 0.5) is 11.8 Å². The van der Waals surface area contributed by atoms with E-state index in [2.05, 4.69) is 147 Å². The van der Waals surface area contributed by atoms with Gasteiger partial charge in [0, 0.05) is 63.7 Å². The van der Waals surface area contributed by atoms with E-state index >= 15 is 0 Å². The fraction of sp³-hybridized carbons (Fsp3) is 0.388. The lowest BCUT2D eigenvalue weighted by Crippen LogP contribution is -2.03. The van der Waals surface area contributed by atoms with Crippen molar-refractivity contribution >= 4 is 55.6 Å². The molecule has 1 aromatic carbocycles. The number of hydrogen-bond donors (Lipinski definition) is 6. The molecule has 0 saturated heterocycles. The first kappa shape index (κ1) is 48.9. The number of pyridine rings is 2. The van der Waals surface area contributed by atoms with E-state index in [0.29, 0.717) is 41.3 Å². The Hall–Kier alpha value is -7.50. The first-order chi connectivity index (χ1) is 31.9. The maximum atomic E-state index is 4.37. The highest BCUT2D eigenvalue weighted by Gasteiger charge is 2.18. The molecular weight excluding hydrogens is 841 g/mol. The molecule has 0 atom stereocenters. The van der Waals surface area contributed by atoms with Crippen LogP contribution in [0, 0.1) is 13.8 Å². The summed E-state index contributed by atoms with van der Waals surface area (Å²) in [6.45, 7) is 20.9. The molecule has 350 valence electrons. The summed E-state index contributed by atoms with van der Waals surface area (Å²) in [6.07, 6.45) is 13.8. The summed E-state index contributed by atoms with van der Waals surface area (Å²) in [4.78, 5) is 28.8. The summed E-state index contributed by atoms with van der Waals surface area (Å²) in [7, 11) is 0. The van der Waals surface area contributed by atoms with Crippen molar-refractivity contribution in [3.63, 3.8) is 0 Å². The van der Waals surface area contributed by atoms with Crippen molar-refractivity contribution in [3.05, 3.63) is 119 Å². The Morgan fingerprint density at radius 2 is 1.16 bits per heavy atom. The van der Waals surface area contributed by atoms with Gasteiger partial charge in [0.15, 0.2) is 17.1 Å². The number of aromatic nitrogens is 17. The summed E-state index contributed by atoms with van der Waals surface area (Å²) in [5, 5.41) is 43.4. The monoisotopic (exact) mass is 905 g/mol. The number of anilines is 2. The second kappa shape index (κ2) is 22.6. The molecule has 67 heavy (non-hydrogen) atoms. The molecule has 0 bridgehead atoms. The summed E-state index contributed by atoms with van der Waals surface area (Å²) >= 11 is 0. The van der Waals surface area contributed by atoms with E-state index in [1.165, 1.54) is 49.0 Å². The second-order valence-corrected chi connectivity index (χ2v) is 17.3. The van der Waals surface area contributed by atoms with E-state index in [1.807, 2.05) is 62.5 Å². The van der Waals surface area contributed by atoms with Crippen molar-refractivity contribution in [1.82, 2.24) is 85.9 Å². The average molecular weight is 905 g/mol. The van der Waals surface area contributed by atoms with E-state index in [0.717, 1.165) is 66.8 Å². The number of fused-ring (bicyclic) bond motifs is 5. The molecule has 1 aliphatic rings. The molecule has 0 aliphatic heterocycles. The van der Waals surface area contributed by atoms with Crippen molar-refractivity contribution in [3.8, 4) is 0 Å². The standard InChI is InChI=1S/C12H12N6.C10H16N2.2C9H11N3.C8H10N4.CH4/c1-7-13-8(2)15-12(14-7)16-11-9-5-3-4-6-10(9)17-18-11;1-7(2)10-8-5-3-4-6-9(8)11-12-10;1-6(2)9-7-5-10-4-3-8(7)11-12-9;1-6(2)8-7-4-3-5-10-9(7)12-11-8;1-5(2)7-6-3-9-4-10-8(6)12-11-7;/h3-6H,1-2H3,(H2,13,14,15,16,17,18);7H,3-6H2,1-2H3,(H,11,12);3-6H,1-2H3,(H,11,12);3-6H,1-2H3,(H,10,11,12);3-5H,1-2H3,(H,9,10,11,12);1H4. The van der Waals surface area contributed by atoms with Crippen LogP contribution in [0.2, 0.25) is 0 Å². The molecule has 0 fully saturated rings. The highest BCUT2D eigenvalue weighted by atomic mass is 15.2. The molecule has 0 unspecified atom stereocenters. The Labute approximate surface area is 390 Å². The van der Waals surface area contributed by atoms with E-state index in [9.17, 15) is 0 Å². The van der Waals surface area contributed by atoms with Crippen LogP contribution in [0.3, 0.4) is 0 Å². The number of aryl methyl sites for hydroxylation is 3. The number of hydrogen-bond acceptors (Lipinski definition) is 13. The van der Waals surface area contributed by atoms with Gasteiger partial charge >= 0.3 is 0 Å². The number of rotatable bonds is 6. The van der Waals surface area contributed by atoms with Gasteiger partial charge in [-0.3, -0.25) is 30.5 Å². The predicted octanol–water partition coefficient (Wildman–Crippen LogP) is 10.8. The summed E-state index contributed by atoms with van der Waals surface area (Å²) in [6, 6.07) is 13.8. The third-order valence-corrected chi connectivity index (χ3v) is 10.9. The number of H-pyrrole nitrogens is 5. The number of benzene rings is 1. The maximum absolute atomic E-state index is 4.37. The summed E-state index contributed by atoms with van der Waals surface area (Å²) in [5.41, 5.74) is 11.2. The van der Waals surface area contributed by atoms with Crippen molar-refractivity contribution in [1.29, 1.82) is 0 Å². The molecule has 1 aliphatic carbocycles. The van der Waals surface area contributed by atoms with Gasteiger partial charge in [0.1, 0.15) is 18.0 Å². The minimum atomic E-state index is 0. The molecule has 9 heterocycles. The highest BCUT2D eigenvalue weighted by Crippen LogP contribution is 2.27. The molecule has 18 nitrogen and oxygen atoms in total. The molecular formula is C49H64N18. The Morgan fingerprint density at radius 3 is 1.88 bits per heavy atom. The van der Waals surface area contributed by atoms with Crippen LogP contribution in [-0.2, 0) is 12.8 Å². The van der Waals surface area contributed by atoms with Gasteiger partial charge < -0.3 is 5.32 Å². The summed E-state index contributed by atoms with van der Waals surface area (Å²) < 4.78 is 0. The van der Waals surface area contributed by atoms with Crippen molar-refractivity contribution in [2.75, 3.05) is 5.32 Å². The van der Waals surface area contributed by atoms with E-state index in [1.54, 1.807) is 18.6 Å². The van der Waals surface area contributed by atoms with Gasteiger partial charge in [-0.1, -0.05) is 74.9 Å². The molecule has 0 radical (unpaired) electrons. The molecule has 9 aromatic heterocycles. The van der Waals surface area contributed by atoms with Gasteiger partial charge in [-0.25, -0.2) is 19.9 Å². The lowest BCUT2D eigenvalue weighted by atomic mass is 9.93. The molecule has 18 heteroatoms. The van der Waals surface area contributed by atoms with Gasteiger partial charge in [-0.15, -0.1) is 0 Å². The molecule has 6 N–H and O–H groups in total. The van der Waals surface area contributed by atoms with Crippen LogP contribution in [0.25, 0.3) is 43.9 Å². The van der Waals surface area contributed by atoms with E-state index < -0.39 is 0 Å². The van der Waals surface area contributed by atoms with Crippen molar-refractivity contribution < 1.29 is 0 Å². The first-order valence-electron chi connectivity index (χ1n) is 22.5. The Balaban J connectivity index is 0.000000139. The van der Waals surface area contributed by atoms with Gasteiger partial charge in [-0.2, -0.15) is 35.5 Å². The molecule has 0 saturated carbocycles. The minimum absolute atomic E-state index is 0. The van der Waals surface area contributed by atoms with E-state index in [-0.39, 0.29) is 7.43 Å². The zero-order chi connectivity index (χ0) is 46.7. The average Bonchev–Trinajstić information content (AvgIpc) is 4.16. The smallest absolute Gasteiger partial charge is 0.231 e. The Kier molecular flexibility index (Phi) is 16.5. The first-order valence-corrected chi connectivity index (χ1v) is 22.5. The minimum Gasteiger partial charge on any atom is -0.307 e. The van der Waals surface area contributed by atoms with Gasteiger partial charge in [0.05, 0.1) is 22.1 Å². The zero-order valence-electron chi connectivity index (χ0n) is 39.4. The molecule has 0 amide bonds. The fourth-order valence-corrected chi connectivity index (χ4v) is 7.66. The fourth-order valence-electron chi connectivity index (χ4n) is 7.66. The van der Waals surface area contributed by atoms with Gasteiger partial charge in [-0.05, 0) is 99.1 Å². The Bertz CT molecular complexity index is 2890. The van der Waals surface area contributed by atoms with Crippen LogP contribution in [0.15, 0.2) is 73.6 Å². The quantitative estimate of drug-likeness (QED) is 0.0910. The molecule has 11 rings (SSSR count). The van der Waals surface area contributed by atoms with Crippen molar-refractivity contribution in [2.24, 2.45) is 0 Å². The van der Waals surface area contributed by atoms with E-state index in [4.69, 9.17) is 0 Å². The lowest BCUT2D eigenvalue weighted by molar-refractivity contribution is 0.668. The lowest BCUT2D eigenvalue weighted by Gasteiger charge is -2.12. The van der Waals surface area contributed by atoms with Gasteiger partial charge in [0.2, 0.25) is 5.95 Å². The third-order valence-electron chi connectivity index (χ3n) is 10.9. The number of nitrogens with one attached hydrogen (secondary N) is 6. The maximum Gasteiger partial charge on any atom is 0.231 e. The van der Waals surface area contributed by atoms with Crippen LogP contribution < -0.4 is 5.32 Å². The highest BCUT2D eigenvalue weighted by molar-refractivity contribution is 5.90. The Morgan fingerprint density at radius 1 is 0.537 bits per heavy atom. The predicted molar refractivity (Wildman–Crippen MR) is 266 cm³/mol.